The van der Waals surface area contributed by atoms with Crippen molar-refractivity contribution in [1.82, 2.24) is 14.8 Å². The Morgan fingerprint density at radius 3 is 2.31 bits per heavy atom. The fourth-order valence-electron chi connectivity index (χ4n) is 5.45. The molecule has 2 amide bonds. The van der Waals surface area contributed by atoms with Crippen molar-refractivity contribution >= 4 is 29.2 Å². The molecule has 35 heavy (non-hydrogen) atoms. The minimum absolute atomic E-state index is 0.136. The van der Waals surface area contributed by atoms with Gasteiger partial charge in [0.1, 0.15) is 11.0 Å². The summed E-state index contributed by atoms with van der Waals surface area (Å²) in [5.41, 5.74) is 1.30. The number of aromatic nitrogens is 1. The number of anilines is 1. The summed E-state index contributed by atoms with van der Waals surface area (Å²) < 4.78 is 0. The monoisotopic (exact) mass is 496 g/mol. The van der Waals surface area contributed by atoms with E-state index in [1.54, 1.807) is 20.2 Å². The molecule has 1 aliphatic carbocycles. The van der Waals surface area contributed by atoms with E-state index in [4.69, 9.17) is 11.6 Å². The Morgan fingerprint density at radius 2 is 1.74 bits per heavy atom. The van der Waals surface area contributed by atoms with Crippen LogP contribution in [0, 0.1) is 5.92 Å². The maximum Gasteiger partial charge on any atom is 0.256 e. The Balaban J connectivity index is 1.24. The second-order valence-corrected chi connectivity index (χ2v) is 10.7. The van der Waals surface area contributed by atoms with E-state index in [0.717, 1.165) is 70.4 Å². The van der Waals surface area contributed by atoms with Crippen LogP contribution in [0.25, 0.3) is 0 Å². The number of pyridine rings is 1. The smallest absolute Gasteiger partial charge is 0.256 e. The summed E-state index contributed by atoms with van der Waals surface area (Å²) in [6, 6.07) is 14.0. The van der Waals surface area contributed by atoms with Gasteiger partial charge in [0, 0.05) is 40.8 Å². The number of carbonyl (C=O) groups excluding carboxylic acids is 2. The van der Waals surface area contributed by atoms with Gasteiger partial charge in [-0.1, -0.05) is 48.4 Å². The van der Waals surface area contributed by atoms with Gasteiger partial charge in [0.2, 0.25) is 5.91 Å². The minimum Gasteiger partial charge on any atom is -0.357 e. The van der Waals surface area contributed by atoms with Crippen LogP contribution < -0.4 is 4.90 Å². The first-order valence-electron chi connectivity index (χ1n) is 12.8. The van der Waals surface area contributed by atoms with Crippen LogP contribution in [-0.4, -0.2) is 67.4 Å². The third-order valence-electron chi connectivity index (χ3n) is 7.80. The number of piperidine rings is 1. The predicted octanol–water partition coefficient (Wildman–Crippen LogP) is 5.01. The first-order chi connectivity index (χ1) is 16.8. The molecule has 2 heterocycles. The average molecular weight is 497 g/mol. The highest BCUT2D eigenvalue weighted by molar-refractivity contribution is 6.32. The molecule has 0 spiro atoms. The van der Waals surface area contributed by atoms with E-state index in [1.165, 1.54) is 10.5 Å². The maximum atomic E-state index is 13.3. The van der Waals surface area contributed by atoms with Crippen LogP contribution in [0.4, 0.5) is 5.82 Å². The van der Waals surface area contributed by atoms with Gasteiger partial charge in [-0.15, -0.1) is 0 Å². The Hall–Kier alpha value is -2.60. The van der Waals surface area contributed by atoms with Crippen molar-refractivity contribution in [3.63, 3.8) is 0 Å². The summed E-state index contributed by atoms with van der Waals surface area (Å²) in [4.78, 5) is 35.7. The van der Waals surface area contributed by atoms with Crippen LogP contribution in [-0.2, 0) is 10.2 Å². The molecule has 1 aliphatic heterocycles. The molecular formula is C28H37ClN4O2. The van der Waals surface area contributed by atoms with E-state index in [-0.39, 0.29) is 22.4 Å². The van der Waals surface area contributed by atoms with Crippen molar-refractivity contribution in [3.8, 4) is 0 Å². The molecule has 1 aromatic heterocycles. The number of hydrogen-bond donors (Lipinski definition) is 0. The van der Waals surface area contributed by atoms with Crippen molar-refractivity contribution in [2.75, 3.05) is 45.7 Å². The fraction of sp³-hybridized carbons (Fsp3) is 0.536. The SMILES string of the molecule is CN(C)C(=O)c1ccc(N2CCC(CCCN(C)C(=O)C3(c4ccccc4)CCC3)CC2)nc1Cl. The Morgan fingerprint density at radius 1 is 1.06 bits per heavy atom. The lowest BCUT2D eigenvalue weighted by atomic mass is 9.63. The quantitative estimate of drug-likeness (QED) is 0.482. The summed E-state index contributed by atoms with van der Waals surface area (Å²) in [7, 11) is 5.38. The second kappa shape index (κ2) is 11.0. The number of rotatable bonds is 8. The van der Waals surface area contributed by atoms with Gasteiger partial charge >= 0.3 is 0 Å². The molecule has 188 valence electrons. The van der Waals surface area contributed by atoms with Gasteiger partial charge in [0.05, 0.1) is 11.0 Å². The average Bonchev–Trinajstić information content (AvgIpc) is 2.84. The normalized spacial score (nSPS) is 17.5. The van der Waals surface area contributed by atoms with Gasteiger partial charge in [0.25, 0.3) is 5.91 Å². The molecule has 1 saturated carbocycles. The lowest BCUT2D eigenvalue weighted by Crippen LogP contribution is -2.50. The summed E-state index contributed by atoms with van der Waals surface area (Å²) in [6.07, 6.45) is 7.41. The molecule has 6 nitrogen and oxygen atoms in total. The Labute approximate surface area is 214 Å². The van der Waals surface area contributed by atoms with Crippen molar-refractivity contribution in [2.45, 2.75) is 50.4 Å². The molecule has 2 fully saturated rings. The predicted molar refractivity (Wildman–Crippen MR) is 141 cm³/mol. The van der Waals surface area contributed by atoms with Crippen LogP contribution in [0.2, 0.25) is 5.15 Å². The number of carbonyl (C=O) groups is 2. The lowest BCUT2D eigenvalue weighted by Gasteiger charge is -2.43. The van der Waals surface area contributed by atoms with Gasteiger partial charge in [0.15, 0.2) is 0 Å². The van der Waals surface area contributed by atoms with Crippen LogP contribution in [0.1, 0.15) is 60.9 Å². The standard InChI is InChI=1S/C28H37ClN4O2/c1-31(2)26(34)23-12-13-24(30-25(23)29)33-19-14-21(15-20-33)9-7-18-32(3)27(35)28(16-8-17-28)22-10-5-4-6-11-22/h4-6,10-13,21H,7-9,14-20H2,1-3H3. The summed E-state index contributed by atoms with van der Waals surface area (Å²) in [5.74, 6) is 1.64. The summed E-state index contributed by atoms with van der Waals surface area (Å²) in [5, 5.41) is 0.260. The van der Waals surface area contributed by atoms with Crippen LogP contribution in [0.5, 0.6) is 0 Å². The fourth-order valence-corrected chi connectivity index (χ4v) is 5.68. The second-order valence-electron chi connectivity index (χ2n) is 10.3. The zero-order chi connectivity index (χ0) is 25.0. The molecule has 2 aromatic rings. The van der Waals surface area contributed by atoms with Crippen molar-refractivity contribution in [3.05, 3.63) is 58.7 Å². The van der Waals surface area contributed by atoms with Gasteiger partial charge in [-0.3, -0.25) is 9.59 Å². The molecule has 1 aromatic carbocycles. The molecule has 0 radical (unpaired) electrons. The number of benzene rings is 1. The first-order valence-corrected chi connectivity index (χ1v) is 13.1. The largest absolute Gasteiger partial charge is 0.357 e. The molecule has 0 unspecified atom stereocenters. The third kappa shape index (κ3) is 5.48. The van der Waals surface area contributed by atoms with Gasteiger partial charge in [-0.25, -0.2) is 4.98 Å². The number of hydrogen-bond acceptors (Lipinski definition) is 4. The topological polar surface area (TPSA) is 56.8 Å². The van der Waals surface area contributed by atoms with Crippen molar-refractivity contribution < 1.29 is 9.59 Å². The number of nitrogens with zero attached hydrogens (tertiary/aromatic N) is 4. The van der Waals surface area contributed by atoms with Crippen molar-refractivity contribution in [2.24, 2.45) is 5.92 Å². The molecule has 0 N–H and O–H groups in total. The Bertz CT molecular complexity index is 1030. The van der Waals surface area contributed by atoms with E-state index in [1.807, 2.05) is 36.2 Å². The molecule has 7 heteroatoms. The van der Waals surface area contributed by atoms with E-state index in [2.05, 4.69) is 22.0 Å². The molecule has 1 saturated heterocycles. The van der Waals surface area contributed by atoms with E-state index in [0.29, 0.717) is 11.5 Å². The molecule has 4 rings (SSSR count). The van der Waals surface area contributed by atoms with E-state index in [9.17, 15) is 9.59 Å². The molecule has 0 bridgehead atoms. The highest BCUT2D eigenvalue weighted by Crippen LogP contribution is 2.45. The van der Waals surface area contributed by atoms with Crippen LogP contribution in [0.3, 0.4) is 0 Å². The van der Waals surface area contributed by atoms with E-state index >= 15 is 0 Å². The maximum absolute atomic E-state index is 13.3. The van der Waals surface area contributed by atoms with Crippen LogP contribution in [0.15, 0.2) is 42.5 Å². The zero-order valence-electron chi connectivity index (χ0n) is 21.2. The lowest BCUT2D eigenvalue weighted by molar-refractivity contribution is -0.139. The number of amides is 2. The van der Waals surface area contributed by atoms with Gasteiger partial charge in [-0.2, -0.15) is 0 Å². The molecular weight excluding hydrogens is 460 g/mol. The van der Waals surface area contributed by atoms with Crippen molar-refractivity contribution in [1.29, 1.82) is 0 Å². The first kappa shape index (κ1) is 25.5. The molecule has 2 aliphatic rings. The third-order valence-corrected chi connectivity index (χ3v) is 8.09. The number of halogens is 1. The summed E-state index contributed by atoms with van der Waals surface area (Å²) in [6.45, 7) is 2.67. The number of likely N-dealkylation sites (N-methyl/N-ethyl adjacent to an activating group) is 1. The van der Waals surface area contributed by atoms with Gasteiger partial charge in [-0.05, 0) is 62.1 Å². The zero-order valence-corrected chi connectivity index (χ0v) is 21.9. The van der Waals surface area contributed by atoms with Gasteiger partial charge < -0.3 is 14.7 Å². The van der Waals surface area contributed by atoms with Crippen LogP contribution >= 0.6 is 11.6 Å². The Kier molecular flexibility index (Phi) is 8.00. The summed E-state index contributed by atoms with van der Waals surface area (Å²) >= 11 is 6.31. The highest BCUT2D eigenvalue weighted by Gasteiger charge is 2.46. The molecule has 0 atom stereocenters. The minimum atomic E-state index is -0.303. The van der Waals surface area contributed by atoms with E-state index < -0.39 is 0 Å². The highest BCUT2D eigenvalue weighted by atomic mass is 35.5.